The van der Waals surface area contributed by atoms with E-state index in [1.807, 2.05) is 0 Å². The van der Waals surface area contributed by atoms with E-state index in [9.17, 15) is 0 Å². The maximum atomic E-state index is 4.59. The lowest BCUT2D eigenvalue weighted by Crippen LogP contribution is -2.47. The minimum absolute atomic E-state index is 0.00696. The highest BCUT2D eigenvalue weighted by Crippen LogP contribution is 2.18. The molecule has 2 N–H and O–H groups in total. The average molecular weight is 268 g/mol. The monoisotopic (exact) mass is 268 g/mol. The quantitative estimate of drug-likeness (QED) is 0.654. The summed E-state index contributed by atoms with van der Waals surface area (Å²) in [5.74, 6) is 1.30. The number of guanidine groups is 1. The fourth-order valence-corrected chi connectivity index (χ4v) is 2.21. The summed E-state index contributed by atoms with van der Waals surface area (Å²) in [6, 6.07) is 0. The molecule has 18 heavy (non-hydrogen) atoms. The predicted octanol–water partition coefficient (Wildman–Crippen LogP) is 2.73. The zero-order chi connectivity index (χ0) is 13.8. The third-order valence-electron chi connectivity index (χ3n) is 2.22. The largest absolute Gasteiger partial charge is 0.352 e. The smallest absolute Gasteiger partial charge is 0.191 e. The van der Waals surface area contributed by atoms with E-state index in [-0.39, 0.29) is 5.54 Å². The van der Waals surface area contributed by atoms with Crippen LogP contribution in [0.1, 0.15) is 51.2 Å². The molecule has 0 aromatic carbocycles. The lowest BCUT2D eigenvalue weighted by molar-refractivity contribution is 0.501. The van der Waals surface area contributed by atoms with Crippen LogP contribution in [-0.4, -0.2) is 23.5 Å². The van der Waals surface area contributed by atoms with Gasteiger partial charge in [0, 0.05) is 23.9 Å². The Morgan fingerprint density at radius 3 is 2.56 bits per heavy atom. The summed E-state index contributed by atoms with van der Waals surface area (Å²) in [5.41, 5.74) is 1.08. The Kier molecular flexibility index (Phi) is 5.14. The minimum atomic E-state index is 0.00696. The van der Waals surface area contributed by atoms with E-state index in [2.05, 4.69) is 60.6 Å². The molecule has 0 atom stereocenters. The molecule has 1 heterocycles. The van der Waals surface area contributed by atoms with Gasteiger partial charge in [0.15, 0.2) is 5.96 Å². The summed E-state index contributed by atoms with van der Waals surface area (Å²) in [7, 11) is 1.78. The van der Waals surface area contributed by atoms with Gasteiger partial charge in [-0.05, 0) is 20.8 Å². The van der Waals surface area contributed by atoms with Crippen molar-refractivity contribution >= 4 is 17.3 Å². The van der Waals surface area contributed by atoms with Crippen LogP contribution in [0, 0.1) is 0 Å². The molecule has 0 bridgehead atoms. The molecule has 4 nitrogen and oxygen atoms in total. The Morgan fingerprint density at radius 2 is 2.11 bits per heavy atom. The molecule has 0 fully saturated rings. The van der Waals surface area contributed by atoms with Crippen LogP contribution in [0.25, 0.3) is 0 Å². The van der Waals surface area contributed by atoms with Crippen molar-refractivity contribution in [2.24, 2.45) is 4.99 Å². The van der Waals surface area contributed by atoms with Crippen molar-refractivity contribution in [1.29, 1.82) is 0 Å². The van der Waals surface area contributed by atoms with Gasteiger partial charge in [0.25, 0.3) is 0 Å². The highest BCUT2D eigenvalue weighted by Gasteiger charge is 2.12. The van der Waals surface area contributed by atoms with Gasteiger partial charge in [-0.25, -0.2) is 4.98 Å². The van der Waals surface area contributed by atoms with Gasteiger partial charge in [-0.15, -0.1) is 11.3 Å². The Balaban J connectivity index is 2.53. The molecule has 1 rings (SSSR count). The van der Waals surface area contributed by atoms with Gasteiger partial charge in [-0.3, -0.25) is 4.99 Å². The number of aliphatic imine (C=N–C) groups is 1. The van der Waals surface area contributed by atoms with Crippen LogP contribution >= 0.6 is 11.3 Å². The highest BCUT2D eigenvalue weighted by atomic mass is 32.1. The third-order valence-corrected chi connectivity index (χ3v) is 3.41. The standard InChI is InChI=1S/C13H24N4S/c1-9(2)11-16-10(8-18-11)7-15-12(14-6)17-13(3,4)5/h8-9H,7H2,1-6H3,(H2,14,15,17). The van der Waals surface area contributed by atoms with Gasteiger partial charge in [0.2, 0.25) is 0 Å². The number of aromatic nitrogens is 1. The first-order chi connectivity index (χ1) is 8.31. The number of hydrogen-bond donors (Lipinski definition) is 2. The van der Waals surface area contributed by atoms with Crippen LogP contribution in [-0.2, 0) is 6.54 Å². The van der Waals surface area contributed by atoms with Gasteiger partial charge in [0.1, 0.15) is 0 Å². The zero-order valence-corrected chi connectivity index (χ0v) is 13.0. The van der Waals surface area contributed by atoms with E-state index in [0.29, 0.717) is 12.5 Å². The van der Waals surface area contributed by atoms with Gasteiger partial charge < -0.3 is 10.6 Å². The van der Waals surface area contributed by atoms with E-state index < -0.39 is 0 Å². The van der Waals surface area contributed by atoms with E-state index in [1.165, 1.54) is 5.01 Å². The van der Waals surface area contributed by atoms with E-state index in [4.69, 9.17) is 0 Å². The summed E-state index contributed by atoms with van der Waals surface area (Å²) >= 11 is 1.72. The van der Waals surface area contributed by atoms with Gasteiger partial charge in [-0.2, -0.15) is 0 Å². The Labute approximate surface area is 114 Å². The van der Waals surface area contributed by atoms with Crippen LogP contribution in [0.2, 0.25) is 0 Å². The molecule has 1 aromatic rings. The van der Waals surface area contributed by atoms with Crippen LogP contribution in [0.3, 0.4) is 0 Å². The van der Waals surface area contributed by atoms with Crippen molar-refractivity contribution in [3.8, 4) is 0 Å². The lowest BCUT2D eigenvalue weighted by atomic mass is 10.1. The SMILES string of the molecule is CN=C(NCc1csc(C(C)C)n1)NC(C)(C)C. The lowest BCUT2D eigenvalue weighted by Gasteiger charge is -2.23. The summed E-state index contributed by atoms with van der Waals surface area (Å²) in [6.45, 7) is 11.4. The van der Waals surface area contributed by atoms with Crippen LogP contribution in [0.5, 0.6) is 0 Å². The number of nitrogens with zero attached hydrogens (tertiary/aromatic N) is 2. The first kappa shape index (κ1) is 15.0. The first-order valence-corrected chi connectivity index (χ1v) is 7.13. The summed E-state index contributed by atoms with van der Waals surface area (Å²) in [4.78, 5) is 8.79. The van der Waals surface area contributed by atoms with Gasteiger partial charge in [0.05, 0.1) is 17.2 Å². The van der Waals surface area contributed by atoms with Crippen molar-refractivity contribution in [3.63, 3.8) is 0 Å². The summed E-state index contributed by atoms with van der Waals surface area (Å²) in [5, 5.41) is 9.89. The number of rotatable bonds is 3. The topological polar surface area (TPSA) is 49.3 Å². The molecule has 0 radical (unpaired) electrons. The summed E-state index contributed by atoms with van der Waals surface area (Å²) in [6.07, 6.45) is 0. The maximum absolute atomic E-state index is 4.59. The molecule has 0 aliphatic heterocycles. The third kappa shape index (κ3) is 5.04. The van der Waals surface area contributed by atoms with E-state index in [1.54, 1.807) is 18.4 Å². The van der Waals surface area contributed by atoms with Crippen molar-refractivity contribution < 1.29 is 0 Å². The van der Waals surface area contributed by atoms with Crippen LogP contribution in [0.4, 0.5) is 0 Å². The van der Waals surface area contributed by atoms with E-state index in [0.717, 1.165) is 11.7 Å². The second-order valence-corrected chi connectivity index (χ2v) is 6.52. The Hall–Kier alpha value is -1.10. The van der Waals surface area contributed by atoms with Crippen molar-refractivity contribution in [1.82, 2.24) is 15.6 Å². The van der Waals surface area contributed by atoms with Crippen LogP contribution < -0.4 is 10.6 Å². The van der Waals surface area contributed by atoms with Crippen molar-refractivity contribution in [2.45, 2.75) is 52.6 Å². The molecular weight excluding hydrogens is 244 g/mol. The molecule has 5 heteroatoms. The minimum Gasteiger partial charge on any atom is -0.352 e. The van der Waals surface area contributed by atoms with Crippen LogP contribution in [0.15, 0.2) is 10.4 Å². The number of hydrogen-bond acceptors (Lipinski definition) is 3. The maximum Gasteiger partial charge on any atom is 0.191 e. The van der Waals surface area contributed by atoms with Crippen molar-refractivity contribution in [3.05, 3.63) is 16.1 Å². The normalized spacial score (nSPS) is 12.9. The fourth-order valence-electron chi connectivity index (χ4n) is 1.38. The van der Waals surface area contributed by atoms with E-state index >= 15 is 0 Å². The van der Waals surface area contributed by atoms with Crippen molar-refractivity contribution in [2.75, 3.05) is 7.05 Å². The zero-order valence-electron chi connectivity index (χ0n) is 12.2. The molecule has 0 spiro atoms. The molecule has 0 unspecified atom stereocenters. The molecule has 0 saturated heterocycles. The first-order valence-electron chi connectivity index (χ1n) is 6.25. The summed E-state index contributed by atoms with van der Waals surface area (Å²) < 4.78 is 0. The second-order valence-electron chi connectivity index (χ2n) is 5.63. The number of thiazole rings is 1. The molecular formula is C13H24N4S. The number of nitrogens with one attached hydrogen (secondary N) is 2. The molecule has 0 saturated carbocycles. The van der Waals surface area contributed by atoms with Gasteiger partial charge >= 0.3 is 0 Å². The fraction of sp³-hybridized carbons (Fsp3) is 0.692. The molecule has 0 aliphatic carbocycles. The molecule has 0 amide bonds. The molecule has 1 aromatic heterocycles. The Bertz CT molecular complexity index is 401. The second kappa shape index (κ2) is 6.18. The molecule has 102 valence electrons. The van der Waals surface area contributed by atoms with Gasteiger partial charge in [-0.1, -0.05) is 13.8 Å². The average Bonchev–Trinajstić information content (AvgIpc) is 2.71. The highest BCUT2D eigenvalue weighted by molar-refractivity contribution is 7.09. The Morgan fingerprint density at radius 1 is 1.44 bits per heavy atom. The molecule has 0 aliphatic rings. The predicted molar refractivity (Wildman–Crippen MR) is 79.3 cm³/mol.